The molecular weight excluding hydrogens is 270 g/mol. The van der Waals surface area contributed by atoms with Crippen molar-refractivity contribution in [2.75, 3.05) is 7.05 Å². The van der Waals surface area contributed by atoms with Crippen LogP contribution in [-0.4, -0.2) is 7.05 Å². The number of thiophene rings is 2. The van der Waals surface area contributed by atoms with Crippen molar-refractivity contribution in [2.24, 2.45) is 0 Å². The van der Waals surface area contributed by atoms with Crippen molar-refractivity contribution in [2.45, 2.75) is 46.1 Å². The van der Waals surface area contributed by atoms with Crippen molar-refractivity contribution < 1.29 is 0 Å². The number of aryl methyl sites for hydroxylation is 2. The molecule has 2 aromatic heterocycles. The lowest BCUT2D eigenvalue weighted by atomic mass is 9.95. The highest BCUT2D eigenvalue weighted by molar-refractivity contribution is 7.13. The molecular formula is C16H23NS2. The molecule has 0 aliphatic rings. The first-order chi connectivity index (χ1) is 8.82. The predicted molar refractivity (Wildman–Crippen MR) is 87.7 cm³/mol. The number of hydrogen-bond acceptors (Lipinski definition) is 3. The van der Waals surface area contributed by atoms with E-state index in [-0.39, 0.29) is 5.41 Å². The van der Waals surface area contributed by atoms with Crippen molar-refractivity contribution in [3.8, 4) is 0 Å². The molecule has 2 heterocycles. The largest absolute Gasteiger partial charge is 0.308 e. The Morgan fingerprint density at radius 1 is 1.05 bits per heavy atom. The van der Waals surface area contributed by atoms with Gasteiger partial charge in [-0.15, -0.1) is 22.7 Å². The molecule has 104 valence electrons. The van der Waals surface area contributed by atoms with Gasteiger partial charge in [-0.25, -0.2) is 0 Å². The first-order valence-corrected chi connectivity index (χ1v) is 8.30. The maximum absolute atomic E-state index is 3.46. The minimum Gasteiger partial charge on any atom is -0.308 e. The maximum Gasteiger partial charge on any atom is 0.0762 e. The van der Waals surface area contributed by atoms with E-state index in [0.717, 1.165) is 0 Å². The highest BCUT2D eigenvalue weighted by Gasteiger charge is 2.21. The average Bonchev–Trinajstić information content (AvgIpc) is 2.88. The quantitative estimate of drug-likeness (QED) is 0.836. The van der Waals surface area contributed by atoms with Crippen LogP contribution in [0.5, 0.6) is 0 Å². The van der Waals surface area contributed by atoms with Crippen LogP contribution in [0.4, 0.5) is 0 Å². The SMILES string of the molecule is CNC(c1ccc(C(C)(C)C)s1)c1cc(C)c(C)s1. The summed E-state index contributed by atoms with van der Waals surface area (Å²) in [5.74, 6) is 0. The Morgan fingerprint density at radius 2 is 1.74 bits per heavy atom. The molecule has 0 saturated heterocycles. The third-order valence-electron chi connectivity index (χ3n) is 3.41. The van der Waals surface area contributed by atoms with Gasteiger partial charge in [0.2, 0.25) is 0 Å². The summed E-state index contributed by atoms with van der Waals surface area (Å²) in [6.07, 6.45) is 0. The van der Waals surface area contributed by atoms with Crippen LogP contribution >= 0.6 is 22.7 Å². The molecule has 0 amide bonds. The van der Waals surface area contributed by atoms with Crippen LogP contribution < -0.4 is 5.32 Å². The van der Waals surface area contributed by atoms with E-state index in [9.17, 15) is 0 Å². The van der Waals surface area contributed by atoms with Gasteiger partial charge in [0.1, 0.15) is 0 Å². The summed E-state index contributed by atoms with van der Waals surface area (Å²) < 4.78 is 0. The van der Waals surface area contributed by atoms with Gasteiger partial charge < -0.3 is 5.32 Å². The zero-order valence-electron chi connectivity index (χ0n) is 12.6. The van der Waals surface area contributed by atoms with Crippen LogP contribution in [-0.2, 0) is 5.41 Å². The summed E-state index contributed by atoms with van der Waals surface area (Å²) in [6.45, 7) is 11.2. The van der Waals surface area contributed by atoms with Gasteiger partial charge in [-0.05, 0) is 50.1 Å². The van der Waals surface area contributed by atoms with E-state index in [0.29, 0.717) is 6.04 Å². The Labute approximate surface area is 124 Å². The molecule has 0 bridgehead atoms. The lowest BCUT2D eigenvalue weighted by Crippen LogP contribution is -2.15. The van der Waals surface area contributed by atoms with Crippen molar-refractivity contribution in [1.82, 2.24) is 5.32 Å². The predicted octanol–water partition coefficient (Wildman–Crippen LogP) is 5.03. The molecule has 2 aromatic rings. The zero-order chi connectivity index (χ0) is 14.2. The van der Waals surface area contributed by atoms with Crippen LogP contribution in [0.15, 0.2) is 18.2 Å². The lowest BCUT2D eigenvalue weighted by Gasteiger charge is -2.16. The molecule has 0 fully saturated rings. The molecule has 0 aromatic carbocycles. The number of nitrogens with one attached hydrogen (secondary N) is 1. The molecule has 0 radical (unpaired) electrons. The minimum atomic E-state index is 0.239. The third-order valence-corrected chi connectivity index (χ3v) is 6.20. The minimum absolute atomic E-state index is 0.239. The molecule has 0 aliphatic carbocycles. The molecule has 0 aliphatic heterocycles. The Hall–Kier alpha value is -0.640. The summed E-state index contributed by atoms with van der Waals surface area (Å²) in [5, 5.41) is 3.46. The molecule has 1 nitrogen and oxygen atoms in total. The molecule has 19 heavy (non-hydrogen) atoms. The molecule has 1 unspecified atom stereocenters. The van der Waals surface area contributed by atoms with Gasteiger partial charge in [0.05, 0.1) is 6.04 Å². The van der Waals surface area contributed by atoms with E-state index < -0.39 is 0 Å². The average molecular weight is 294 g/mol. The highest BCUT2D eigenvalue weighted by atomic mass is 32.1. The fourth-order valence-corrected chi connectivity index (χ4v) is 4.52. The van der Waals surface area contributed by atoms with Gasteiger partial charge in [-0.3, -0.25) is 0 Å². The summed E-state index contributed by atoms with van der Waals surface area (Å²) in [5.41, 5.74) is 1.63. The van der Waals surface area contributed by atoms with Crippen LogP contribution in [0.1, 0.15) is 51.9 Å². The van der Waals surface area contributed by atoms with E-state index in [1.807, 2.05) is 29.7 Å². The Kier molecular flexibility index (Phi) is 4.19. The van der Waals surface area contributed by atoms with E-state index in [2.05, 4.69) is 58.1 Å². The second-order valence-corrected chi connectivity index (χ2v) is 8.46. The maximum atomic E-state index is 3.46. The number of hydrogen-bond donors (Lipinski definition) is 1. The van der Waals surface area contributed by atoms with E-state index in [1.165, 1.54) is 25.1 Å². The van der Waals surface area contributed by atoms with Crippen molar-refractivity contribution >= 4 is 22.7 Å². The second kappa shape index (κ2) is 5.39. The Morgan fingerprint density at radius 3 is 2.16 bits per heavy atom. The van der Waals surface area contributed by atoms with Gasteiger partial charge in [-0.2, -0.15) is 0 Å². The molecule has 1 atom stereocenters. The summed E-state index contributed by atoms with van der Waals surface area (Å²) in [6, 6.07) is 7.20. The normalized spacial score (nSPS) is 13.8. The first-order valence-electron chi connectivity index (χ1n) is 6.67. The summed E-state index contributed by atoms with van der Waals surface area (Å²) in [4.78, 5) is 5.70. The monoisotopic (exact) mass is 293 g/mol. The smallest absolute Gasteiger partial charge is 0.0762 e. The van der Waals surface area contributed by atoms with Crippen LogP contribution in [0.2, 0.25) is 0 Å². The van der Waals surface area contributed by atoms with Crippen molar-refractivity contribution in [3.63, 3.8) is 0 Å². The molecule has 0 saturated carbocycles. The van der Waals surface area contributed by atoms with Gasteiger partial charge >= 0.3 is 0 Å². The van der Waals surface area contributed by atoms with Crippen LogP contribution in [0, 0.1) is 13.8 Å². The molecule has 1 N–H and O–H groups in total. The Bertz CT molecular complexity index is 538. The van der Waals surface area contributed by atoms with Gasteiger partial charge in [0, 0.05) is 19.5 Å². The van der Waals surface area contributed by atoms with Crippen LogP contribution in [0.25, 0.3) is 0 Å². The molecule has 0 spiro atoms. The topological polar surface area (TPSA) is 12.0 Å². The lowest BCUT2D eigenvalue weighted by molar-refractivity contribution is 0.604. The molecule has 2 rings (SSSR count). The van der Waals surface area contributed by atoms with Crippen molar-refractivity contribution in [1.29, 1.82) is 0 Å². The fourth-order valence-electron chi connectivity index (χ4n) is 2.08. The van der Waals surface area contributed by atoms with E-state index >= 15 is 0 Å². The van der Waals surface area contributed by atoms with Gasteiger partial charge in [-0.1, -0.05) is 20.8 Å². The molecule has 3 heteroatoms. The standard InChI is InChI=1S/C16H23NS2/c1-10-9-13(18-11(10)2)15(17-6)12-7-8-14(19-12)16(3,4)5/h7-9,15,17H,1-6H3. The van der Waals surface area contributed by atoms with Crippen LogP contribution in [0.3, 0.4) is 0 Å². The summed E-state index contributed by atoms with van der Waals surface area (Å²) >= 11 is 3.83. The third kappa shape index (κ3) is 3.10. The number of rotatable bonds is 3. The highest BCUT2D eigenvalue weighted by Crippen LogP contribution is 2.37. The Balaban J connectivity index is 2.35. The first kappa shape index (κ1) is 14.8. The van der Waals surface area contributed by atoms with Gasteiger partial charge in [0.15, 0.2) is 0 Å². The van der Waals surface area contributed by atoms with Gasteiger partial charge in [0.25, 0.3) is 0 Å². The van der Waals surface area contributed by atoms with Crippen molar-refractivity contribution in [3.05, 3.63) is 43.3 Å². The second-order valence-electron chi connectivity index (χ2n) is 6.06. The summed E-state index contributed by atoms with van der Waals surface area (Å²) in [7, 11) is 2.05. The fraction of sp³-hybridized carbons (Fsp3) is 0.500. The van der Waals surface area contributed by atoms with E-state index in [1.54, 1.807) is 0 Å². The zero-order valence-corrected chi connectivity index (χ0v) is 14.3. The van der Waals surface area contributed by atoms with E-state index in [4.69, 9.17) is 0 Å².